The van der Waals surface area contributed by atoms with Gasteiger partial charge >= 0.3 is 0 Å². The highest BCUT2D eigenvalue weighted by molar-refractivity contribution is 7.09. The summed E-state index contributed by atoms with van der Waals surface area (Å²) in [6.45, 7) is 2.59. The van der Waals surface area contributed by atoms with Gasteiger partial charge in [0.15, 0.2) is 0 Å². The van der Waals surface area contributed by atoms with E-state index in [-0.39, 0.29) is 0 Å². The van der Waals surface area contributed by atoms with Crippen LogP contribution in [0.5, 0.6) is 0 Å². The second-order valence-electron chi connectivity index (χ2n) is 3.63. The normalized spacial score (nSPS) is 9.88. The zero-order chi connectivity index (χ0) is 12.3. The minimum atomic E-state index is 0.594. The van der Waals surface area contributed by atoms with E-state index >= 15 is 0 Å². The van der Waals surface area contributed by atoms with Crippen molar-refractivity contribution in [1.82, 2.24) is 4.98 Å². The van der Waals surface area contributed by atoms with Gasteiger partial charge in [0.25, 0.3) is 0 Å². The van der Waals surface area contributed by atoms with E-state index in [2.05, 4.69) is 16.4 Å². The van der Waals surface area contributed by atoms with Gasteiger partial charge in [-0.05, 0) is 25.1 Å². The molecule has 17 heavy (non-hydrogen) atoms. The van der Waals surface area contributed by atoms with Gasteiger partial charge in [0.05, 0.1) is 40.3 Å². The topological polar surface area (TPSA) is 74.7 Å². The standard InChI is InChI=1S/C12H12N4S/c1-8-16-10(7-17-8)6-15-12-4-9(5-13)2-3-11(12)14/h2-4,7,15H,6,14H2,1H3. The number of benzene rings is 1. The lowest BCUT2D eigenvalue weighted by atomic mass is 10.2. The van der Waals surface area contributed by atoms with Crippen LogP contribution < -0.4 is 11.1 Å². The molecule has 0 amide bonds. The quantitative estimate of drug-likeness (QED) is 0.813. The molecular formula is C12H12N4S. The molecule has 0 saturated heterocycles. The molecule has 0 unspecified atom stereocenters. The number of nitrogens with zero attached hydrogens (tertiary/aromatic N) is 2. The smallest absolute Gasteiger partial charge is 0.0992 e. The van der Waals surface area contributed by atoms with Crippen molar-refractivity contribution in [2.75, 3.05) is 11.1 Å². The van der Waals surface area contributed by atoms with Crippen molar-refractivity contribution in [2.24, 2.45) is 0 Å². The monoisotopic (exact) mass is 244 g/mol. The van der Waals surface area contributed by atoms with Crippen LogP contribution in [0.1, 0.15) is 16.3 Å². The van der Waals surface area contributed by atoms with E-state index in [4.69, 9.17) is 11.0 Å². The summed E-state index contributed by atoms with van der Waals surface area (Å²) in [7, 11) is 0. The summed E-state index contributed by atoms with van der Waals surface area (Å²) >= 11 is 1.62. The molecule has 0 aliphatic rings. The van der Waals surface area contributed by atoms with Crippen molar-refractivity contribution in [2.45, 2.75) is 13.5 Å². The number of anilines is 2. The fraction of sp³-hybridized carbons (Fsp3) is 0.167. The zero-order valence-corrected chi connectivity index (χ0v) is 10.2. The van der Waals surface area contributed by atoms with Gasteiger partial charge in [0.2, 0.25) is 0 Å². The third kappa shape index (κ3) is 2.74. The molecule has 0 aliphatic carbocycles. The Morgan fingerprint density at radius 3 is 3.00 bits per heavy atom. The molecule has 0 saturated carbocycles. The lowest BCUT2D eigenvalue weighted by Crippen LogP contribution is -2.03. The summed E-state index contributed by atoms with van der Waals surface area (Å²) in [6.07, 6.45) is 0. The lowest BCUT2D eigenvalue weighted by Gasteiger charge is -2.07. The van der Waals surface area contributed by atoms with Crippen molar-refractivity contribution in [3.05, 3.63) is 39.8 Å². The van der Waals surface area contributed by atoms with E-state index < -0.39 is 0 Å². The van der Waals surface area contributed by atoms with Gasteiger partial charge in [-0.25, -0.2) is 4.98 Å². The number of rotatable bonds is 3. The van der Waals surface area contributed by atoms with Gasteiger partial charge in [-0.15, -0.1) is 11.3 Å². The first-order chi connectivity index (χ1) is 8.19. The first kappa shape index (κ1) is 11.4. The minimum Gasteiger partial charge on any atom is -0.397 e. The summed E-state index contributed by atoms with van der Waals surface area (Å²) in [6, 6.07) is 7.26. The van der Waals surface area contributed by atoms with Gasteiger partial charge < -0.3 is 11.1 Å². The molecule has 2 rings (SSSR count). The maximum Gasteiger partial charge on any atom is 0.0992 e. The van der Waals surface area contributed by atoms with Crippen LogP contribution in [0.2, 0.25) is 0 Å². The molecule has 0 bridgehead atoms. The summed E-state index contributed by atoms with van der Waals surface area (Å²) in [5.74, 6) is 0. The Balaban J connectivity index is 2.11. The van der Waals surface area contributed by atoms with Crippen LogP contribution in [0.25, 0.3) is 0 Å². The number of hydrogen-bond acceptors (Lipinski definition) is 5. The second kappa shape index (κ2) is 4.85. The summed E-state index contributed by atoms with van der Waals surface area (Å²) in [5, 5.41) is 15.0. The maximum absolute atomic E-state index is 8.81. The molecule has 86 valence electrons. The largest absolute Gasteiger partial charge is 0.397 e. The second-order valence-corrected chi connectivity index (χ2v) is 4.69. The van der Waals surface area contributed by atoms with E-state index in [1.165, 1.54) is 0 Å². The molecule has 0 spiro atoms. The molecule has 0 aliphatic heterocycles. The Morgan fingerprint density at radius 2 is 2.35 bits per heavy atom. The molecule has 0 radical (unpaired) electrons. The Kier molecular flexibility index (Phi) is 3.26. The number of nitriles is 1. The fourth-order valence-corrected chi connectivity index (χ4v) is 2.07. The molecule has 1 heterocycles. The van der Waals surface area contributed by atoms with Gasteiger partial charge in [-0.3, -0.25) is 0 Å². The molecule has 5 heteroatoms. The maximum atomic E-state index is 8.81. The number of thiazole rings is 1. The van der Waals surface area contributed by atoms with Gasteiger partial charge in [0, 0.05) is 5.38 Å². The average molecular weight is 244 g/mol. The summed E-state index contributed by atoms with van der Waals surface area (Å²) < 4.78 is 0. The number of aromatic nitrogens is 1. The molecule has 3 N–H and O–H groups in total. The van der Waals surface area contributed by atoms with Crippen molar-refractivity contribution in [3.63, 3.8) is 0 Å². The highest BCUT2D eigenvalue weighted by Gasteiger charge is 2.02. The number of nitrogen functional groups attached to an aromatic ring is 1. The highest BCUT2D eigenvalue weighted by Crippen LogP contribution is 2.20. The molecule has 0 atom stereocenters. The van der Waals surface area contributed by atoms with Crippen LogP contribution in [0.3, 0.4) is 0 Å². The third-order valence-corrected chi connectivity index (χ3v) is 3.13. The van der Waals surface area contributed by atoms with Crippen molar-refractivity contribution < 1.29 is 0 Å². The van der Waals surface area contributed by atoms with E-state index in [1.54, 1.807) is 29.5 Å². The first-order valence-corrected chi connectivity index (χ1v) is 6.01. The average Bonchev–Trinajstić information content (AvgIpc) is 2.74. The Morgan fingerprint density at radius 1 is 1.53 bits per heavy atom. The molecular weight excluding hydrogens is 232 g/mol. The van der Waals surface area contributed by atoms with Crippen molar-refractivity contribution in [3.8, 4) is 6.07 Å². The minimum absolute atomic E-state index is 0.594. The van der Waals surface area contributed by atoms with E-state index in [9.17, 15) is 0 Å². The van der Waals surface area contributed by atoms with Crippen LogP contribution in [0, 0.1) is 18.3 Å². The lowest BCUT2D eigenvalue weighted by molar-refractivity contribution is 1.06. The number of hydrogen-bond donors (Lipinski definition) is 2. The molecule has 4 nitrogen and oxygen atoms in total. The van der Waals surface area contributed by atoms with Crippen molar-refractivity contribution in [1.29, 1.82) is 5.26 Å². The number of nitrogens with two attached hydrogens (primary N) is 1. The summed E-state index contributed by atoms with van der Waals surface area (Å²) in [5.41, 5.74) is 8.81. The molecule has 1 aromatic heterocycles. The van der Waals surface area contributed by atoms with Crippen LogP contribution in [-0.2, 0) is 6.54 Å². The molecule has 2 aromatic rings. The van der Waals surface area contributed by atoms with Gasteiger partial charge in [0.1, 0.15) is 0 Å². The van der Waals surface area contributed by atoms with Crippen LogP contribution >= 0.6 is 11.3 Å². The third-order valence-electron chi connectivity index (χ3n) is 2.31. The van der Waals surface area contributed by atoms with E-state index in [0.717, 1.165) is 16.4 Å². The number of nitrogens with one attached hydrogen (secondary N) is 1. The molecule has 0 fully saturated rings. The first-order valence-electron chi connectivity index (χ1n) is 5.13. The Bertz CT molecular complexity index is 568. The van der Waals surface area contributed by atoms with Crippen LogP contribution in [-0.4, -0.2) is 4.98 Å². The van der Waals surface area contributed by atoms with Crippen LogP contribution in [0.15, 0.2) is 23.6 Å². The Labute approximate surface area is 104 Å². The van der Waals surface area contributed by atoms with E-state index in [0.29, 0.717) is 17.8 Å². The summed E-state index contributed by atoms with van der Waals surface area (Å²) in [4.78, 5) is 4.35. The Hall–Kier alpha value is -2.06. The molecule has 1 aromatic carbocycles. The van der Waals surface area contributed by atoms with Crippen LogP contribution in [0.4, 0.5) is 11.4 Å². The van der Waals surface area contributed by atoms with Gasteiger partial charge in [-0.2, -0.15) is 5.26 Å². The fourth-order valence-electron chi connectivity index (χ4n) is 1.45. The predicted octanol–water partition coefficient (Wildman–Crippen LogP) is 2.52. The van der Waals surface area contributed by atoms with E-state index in [1.807, 2.05) is 12.3 Å². The number of aryl methyl sites for hydroxylation is 1. The zero-order valence-electron chi connectivity index (χ0n) is 9.40. The highest BCUT2D eigenvalue weighted by atomic mass is 32.1. The van der Waals surface area contributed by atoms with Crippen molar-refractivity contribution >= 4 is 22.7 Å². The van der Waals surface area contributed by atoms with Gasteiger partial charge in [-0.1, -0.05) is 0 Å². The SMILES string of the molecule is Cc1nc(CNc2cc(C#N)ccc2N)cs1. The predicted molar refractivity (Wildman–Crippen MR) is 69.7 cm³/mol.